The molecule has 0 aliphatic carbocycles. The number of carbonyl (C=O) groups is 1. The van der Waals surface area contributed by atoms with Gasteiger partial charge in [-0.15, -0.1) is 0 Å². The summed E-state index contributed by atoms with van der Waals surface area (Å²) in [6.45, 7) is 3.42. The quantitative estimate of drug-likeness (QED) is 0.508. The summed E-state index contributed by atoms with van der Waals surface area (Å²) in [5.74, 6) is -0.737. The Morgan fingerprint density at radius 3 is 1.82 bits per heavy atom. The molecule has 0 bridgehead atoms. The molecule has 0 heterocycles. The van der Waals surface area contributed by atoms with Crippen LogP contribution < -0.4 is 0 Å². The molecule has 0 aromatic rings. The van der Waals surface area contributed by atoms with Crippen LogP contribution in [0.4, 0.5) is 0 Å². The van der Waals surface area contributed by atoms with Gasteiger partial charge >= 0.3 is 0 Å². The lowest BCUT2D eigenvalue weighted by Crippen LogP contribution is -2.36. The summed E-state index contributed by atoms with van der Waals surface area (Å²) in [6, 6.07) is -0.195. The van der Waals surface area contributed by atoms with Crippen LogP contribution in [-0.2, 0) is 4.79 Å². The molecule has 0 saturated heterocycles. The maximum Gasteiger partial charge on any atom is 0.289 e. The Morgan fingerprint density at radius 2 is 1.73 bits per heavy atom. The second-order valence-corrected chi connectivity index (χ2v) is 4.85. The fourth-order valence-corrected chi connectivity index (χ4v) is 0.885. The summed E-state index contributed by atoms with van der Waals surface area (Å²) >= 11 is 21.3. The summed E-state index contributed by atoms with van der Waals surface area (Å²) in [7, 11) is 0. The van der Waals surface area contributed by atoms with Gasteiger partial charge in [-0.1, -0.05) is 34.8 Å². The van der Waals surface area contributed by atoms with Gasteiger partial charge in [0.25, 0.3) is 9.70 Å². The van der Waals surface area contributed by atoms with Crippen LogP contribution in [0.5, 0.6) is 0 Å². The Kier molecular flexibility index (Phi) is 4.27. The second-order valence-electron chi connectivity index (χ2n) is 2.21. The van der Waals surface area contributed by atoms with Crippen molar-refractivity contribution in [3.63, 3.8) is 0 Å². The summed E-state index contributed by atoms with van der Waals surface area (Å²) in [5, 5.41) is 0. The van der Waals surface area contributed by atoms with E-state index in [1.54, 1.807) is 13.8 Å². The standard InChI is InChI=1S/C5H7Cl4NO/c1-3(2)10(9)4(11)5(6,7)8/h3H,1-2H3. The topological polar surface area (TPSA) is 20.3 Å². The molecule has 0 unspecified atom stereocenters. The number of rotatable bonds is 1. The summed E-state index contributed by atoms with van der Waals surface area (Å²) in [6.07, 6.45) is 0. The van der Waals surface area contributed by atoms with Gasteiger partial charge in [0.05, 0.1) is 0 Å². The third-order valence-corrected chi connectivity index (χ3v) is 1.92. The molecule has 0 fully saturated rings. The lowest BCUT2D eigenvalue weighted by Gasteiger charge is -2.21. The van der Waals surface area contributed by atoms with Crippen molar-refractivity contribution in [2.24, 2.45) is 0 Å². The number of hydrogen-bond acceptors (Lipinski definition) is 1. The predicted octanol–water partition coefficient (Wildman–Crippen LogP) is 2.75. The molecule has 0 aromatic carbocycles. The number of carbonyl (C=O) groups excluding carboxylic acids is 1. The molecule has 0 saturated carbocycles. The van der Waals surface area contributed by atoms with Crippen LogP contribution in [0.25, 0.3) is 0 Å². The summed E-state index contributed by atoms with van der Waals surface area (Å²) in [5.41, 5.74) is 0. The largest absolute Gasteiger partial charge is 0.289 e. The third kappa shape index (κ3) is 3.70. The molecule has 66 valence electrons. The van der Waals surface area contributed by atoms with Gasteiger partial charge < -0.3 is 0 Å². The van der Waals surface area contributed by atoms with E-state index in [9.17, 15) is 4.79 Å². The zero-order chi connectivity index (χ0) is 9.23. The van der Waals surface area contributed by atoms with Gasteiger partial charge in [0.2, 0.25) is 0 Å². The first-order valence-corrected chi connectivity index (χ1v) is 4.30. The van der Waals surface area contributed by atoms with Gasteiger partial charge in [0.15, 0.2) is 0 Å². The monoisotopic (exact) mass is 237 g/mol. The van der Waals surface area contributed by atoms with Crippen molar-refractivity contribution in [1.82, 2.24) is 4.42 Å². The predicted molar refractivity (Wildman–Crippen MR) is 48.1 cm³/mol. The number of nitrogens with zero attached hydrogens (tertiary/aromatic N) is 1. The van der Waals surface area contributed by atoms with E-state index in [2.05, 4.69) is 0 Å². The normalized spacial score (nSPS) is 11.9. The van der Waals surface area contributed by atoms with Crippen molar-refractivity contribution in [2.75, 3.05) is 0 Å². The highest BCUT2D eigenvalue weighted by atomic mass is 35.6. The Hall–Kier alpha value is 0.630. The van der Waals surface area contributed by atoms with Crippen LogP contribution in [0, 0.1) is 0 Å². The average molecular weight is 239 g/mol. The zero-order valence-corrected chi connectivity index (χ0v) is 8.97. The van der Waals surface area contributed by atoms with E-state index < -0.39 is 9.70 Å². The molecule has 0 rings (SSSR count). The first-order valence-electron chi connectivity index (χ1n) is 2.83. The molecule has 0 atom stereocenters. The smallest absolute Gasteiger partial charge is 0.269 e. The van der Waals surface area contributed by atoms with E-state index in [1.165, 1.54) is 0 Å². The zero-order valence-electron chi connectivity index (χ0n) is 5.94. The van der Waals surface area contributed by atoms with Gasteiger partial charge in [-0.2, -0.15) is 0 Å². The van der Waals surface area contributed by atoms with E-state index in [0.717, 1.165) is 4.42 Å². The third-order valence-electron chi connectivity index (χ3n) is 0.890. The minimum absolute atomic E-state index is 0.195. The summed E-state index contributed by atoms with van der Waals surface area (Å²) < 4.78 is -1.11. The molecule has 0 N–H and O–H groups in total. The number of hydrogen-bond donors (Lipinski definition) is 0. The Bertz CT molecular complexity index is 153. The second kappa shape index (κ2) is 4.04. The molecule has 0 radical (unpaired) electrons. The van der Waals surface area contributed by atoms with E-state index in [4.69, 9.17) is 46.6 Å². The van der Waals surface area contributed by atoms with Gasteiger partial charge in [-0.3, -0.25) is 4.79 Å². The molecule has 0 spiro atoms. The Labute approximate surface area is 85.4 Å². The average Bonchev–Trinajstić information content (AvgIpc) is 1.82. The lowest BCUT2D eigenvalue weighted by atomic mass is 10.4. The van der Waals surface area contributed by atoms with Crippen LogP contribution in [0.15, 0.2) is 0 Å². The highest BCUT2D eigenvalue weighted by Gasteiger charge is 2.35. The van der Waals surface area contributed by atoms with Crippen LogP contribution in [0.3, 0.4) is 0 Å². The van der Waals surface area contributed by atoms with Crippen molar-refractivity contribution in [1.29, 1.82) is 0 Å². The van der Waals surface area contributed by atoms with Crippen molar-refractivity contribution >= 4 is 52.5 Å². The highest BCUT2D eigenvalue weighted by Crippen LogP contribution is 2.29. The van der Waals surface area contributed by atoms with Crippen molar-refractivity contribution in [2.45, 2.75) is 23.7 Å². The minimum Gasteiger partial charge on any atom is -0.269 e. The summed E-state index contributed by atoms with van der Waals surface area (Å²) in [4.78, 5) is 11.0. The lowest BCUT2D eigenvalue weighted by molar-refractivity contribution is -0.126. The fraction of sp³-hybridized carbons (Fsp3) is 0.800. The molecule has 2 nitrogen and oxygen atoms in total. The van der Waals surface area contributed by atoms with E-state index in [0.29, 0.717) is 0 Å². The minimum atomic E-state index is -1.97. The maximum atomic E-state index is 11.0. The van der Waals surface area contributed by atoms with Gasteiger partial charge in [0.1, 0.15) is 0 Å². The molecule has 1 amide bonds. The first-order chi connectivity index (χ1) is 4.76. The highest BCUT2D eigenvalue weighted by molar-refractivity contribution is 6.76. The van der Waals surface area contributed by atoms with Crippen molar-refractivity contribution < 1.29 is 4.79 Å². The molecular formula is C5H7Cl4NO. The first kappa shape index (κ1) is 11.6. The Morgan fingerprint density at radius 1 is 1.36 bits per heavy atom. The van der Waals surface area contributed by atoms with Crippen LogP contribution in [0.2, 0.25) is 0 Å². The number of amides is 1. The molecule has 11 heavy (non-hydrogen) atoms. The van der Waals surface area contributed by atoms with Crippen molar-refractivity contribution in [3.05, 3.63) is 0 Å². The van der Waals surface area contributed by atoms with Crippen LogP contribution in [-0.4, -0.2) is 20.2 Å². The van der Waals surface area contributed by atoms with E-state index in [1.807, 2.05) is 0 Å². The van der Waals surface area contributed by atoms with Crippen LogP contribution in [0.1, 0.15) is 13.8 Å². The molecule has 0 aliphatic heterocycles. The maximum absolute atomic E-state index is 11.0. The Balaban J connectivity index is 4.26. The van der Waals surface area contributed by atoms with Crippen molar-refractivity contribution in [3.8, 4) is 0 Å². The molecule has 0 aliphatic rings. The van der Waals surface area contributed by atoms with E-state index in [-0.39, 0.29) is 6.04 Å². The van der Waals surface area contributed by atoms with Gasteiger partial charge in [0, 0.05) is 17.8 Å². The van der Waals surface area contributed by atoms with Gasteiger partial charge in [-0.25, -0.2) is 4.42 Å². The number of alkyl halides is 3. The fourth-order valence-electron chi connectivity index (χ4n) is 0.356. The molecular weight excluding hydrogens is 232 g/mol. The number of halogens is 4. The van der Waals surface area contributed by atoms with E-state index >= 15 is 0 Å². The van der Waals surface area contributed by atoms with Crippen LogP contribution >= 0.6 is 46.6 Å². The molecule has 0 aromatic heterocycles. The van der Waals surface area contributed by atoms with Gasteiger partial charge in [-0.05, 0) is 13.8 Å². The SMILES string of the molecule is CC(C)N(Cl)C(=O)C(Cl)(Cl)Cl. The molecule has 6 heteroatoms.